The summed E-state index contributed by atoms with van der Waals surface area (Å²) < 4.78 is 31.3. The molecule has 0 bridgehead atoms. The van der Waals surface area contributed by atoms with Gasteiger partial charge in [-0.1, -0.05) is 64.7 Å². The van der Waals surface area contributed by atoms with Crippen LogP contribution < -0.4 is 5.11 Å². The van der Waals surface area contributed by atoms with Crippen molar-refractivity contribution >= 4 is 16.1 Å². The SMILES string of the molecule is CCCCCCCCCCCCC(CC(O)CS(=O)(=O)O)[N+](C)(C)C(C)(C)C(=O)[O-]. The van der Waals surface area contributed by atoms with Gasteiger partial charge in [0.1, 0.15) is 17.3 Å². The quantitative estimate of drug-likeness (QED) is 0.188. The first kappa shape index (κ1) is 29.3. The highest BCUT2D eigenvalue weighted by Crippen LogP contribution is 2.30. The molecule has 180 valence electrons. The smallest absolute Gasteiger partial charge is 0.267 e. The standard InChI is InChI=1S/C22H45NO6S/c1-6-7-8-9-10-11-12-13-14-15-16-19(17-20(24)18-30(27,28)29)23(4,5)22(2,3)21(25)26/h19-20,24H,6-18H2,1-5H3,(H-,25,26,27,28,29). The molecule has 0 saturated heterocycles. The van der Waals surface area contributed by atoms with E-state index in [1.165, 1.54) is 44.9 Å². The molecule has 0 saturated carbocycles. The molecule has 0 heterocycles. The zero-order valence-corrected chi connectivity index (χ0v) is 20.5. The fraction of sp³-hybridized carbons (Fsp3) is 0.955. The van der Waals surface area contributed by atoms with Crippen LogP contribution in [-0.4, -0.2) is 66.1 Å². The molecule has 0 fully saturated rings. The molecule has 0 radical (unpaired) electrons. The molecular weight excluding hydrogens is 406 g/mol. The van der Waals surface area contributed by atoms with Crippen LogP contribution in [0.3, 0.4) is 0 Å². The van der Waals surface area contributed by atoms with Crippen LogP contribution in [0.15, 0.2) is 0 Å². The van der Waals surface area contributed by atoms with Gasteiger partial charge in [-0.05, 0) is 26.7 Å². The Kier molecular flexibility index (Phi) is 13.3. The van der Waals surface area contributed by atoms with Crippen molar-refractivity contribution in [2.45, 2.75) is 116 Å². The van der Waals surface area contributed by atoms with E-state index in [-0.39, 0.29) is 16.9 Å². The number of quaternary nitrogens is 1. The molecule has 0 rings (SSSR count). The van der Waals surface area contributed by atoms with Gasteiger partial charge in [0, 0.05) is 6.42 Å². The number of nitrogens with zero attached hydrogens (tertiary/aromatic N) is 1. The van der Waals surface area contributed by atoms with Crippen molar-refractivity contribution in [3.63, 3.8) is 0 Å². The Hall–Kier alpha value is -0.700. The zero-order chi connectivity index (χ0) is 23.4. The highest BCUT2D eigenvalue weighted by molar-refractivity contribution is 7.85. The first-order valence-corrected chi connectivity index (χ1v) is 13.0. The minimum absolute atomic E-state index is 0.0648. The zero-order valence-electron chi connectivity index (χ0n) is 19.7. The summed E-state index contributed by atoms with van der Waals surface area (Å²) >= 11 is 0. The number of likely N-dealkylation sites (N-methyl/N-ethyl adjacent to an activating group) is 1. The van der Waals surface area contributed by atoms with Crippen molar-refractivity contribution in [3.05, 3.63) is 0 Å². The molecule has 0 aliphatic rings. The number of hydrogen-bond acceptors (Lipinski definition) is 5. The maximum absolute atomic E-state index is 11.7. The molecule has 2 unspecified atom stereocenters. The number of aliphatic carboxylic acids is 1. The lowest BCUT2D eigenvalue weighted by Crippen LogP contribution is -2.68. The number of carbonyl (C=O) groups excluding carboxylic acids is 1. The van der Waals surface area contributed by atoms with Gasteiger partial charge in [0.25, 0.3) is 10.1 Å². The van der Waals surface area contributed by atoms with Crippen molar-refractivity contribution in [2.75, 3.05) is 19.8 Å². The van der Waals surface area contributed by atoms with Gasteiger partial charge in [-0.25, -0.2) is 0 Å². The van der Waals surface area contributed by atoms with Crippen LogP contribution in [0.1, 0.15) is 97.8 Å². The van der Waals surface area contributed by atoms with Gasteiger partial charge in [0.05, 0.1) is 26.2 Å². The minimum Gasteiger partial charge on any atom is -0.544 e. The Morgan fingerprint density at radius 2 is 1.40 bits per heavy atom. The fourth-order valence-corrected chi connectivity index (χ4v) is 4.51. The number of aliphatic hydroxyl groups excluding tert-OH is 1. The van der Waals surface area contributed by atoms with Crippen molar-refractivity contribution in [1.29, 1.82) is 0 Å². The number of hydrogen-bond donors (Lipinski definition) is 2. The van der Waals surface area contributed by atoms with Crippen LogP contribution in [0.25, 0.3) is 0 Å². The molecule has 0 amide bonds. The van der Waals surface area contributed by atoms with Crippen molar-refractivity contribution in [1.82, 2.24) is 0 Å². The molecule has 0 aromatic rings. The van der Waals surface area contributed by atoms with Crippen LogP contribution >= 0.6 is 0 Å². The van der Waals surface area contributed by atoms with E-state index in [1.54, 1.807) is 27.9 Å². The number of unbranched alkanes of at least 4 members (excludes halogenated alkanes) is 9. The topological polar surface area (TPSA) is 115 Å². The molecule has 2 N–H and O–H groups in total. The molecule has 0 aromatic heterocycles. The van der Waals surface area contributed by atoms with Crippen LogP contribution in [0.2, 0.25) is 0 Å². The van der Waals surface area contributed by atoms with Crippen molar-refractivity contribution < 1.29 is 32.5 Å². The van der Waals surface area contributed by atoms with Gasteiger partial charge in [0.2, 0.25) is 0 Å². The first-order chi connectivity index (χ1) is 13.8. The molecule has 7 nitrogen and oxygen atoms in total. The van der Waals surface area contributed by atoms with Gasteiger partial charge in [-0.3, -0.25) is 4.55 Å². The van der Waals surface area contributed by atoms with Gasteiger partial charge >= 0.3 is 0 Å². The third-order valence-corrected chi connectivity index (χ3v) is 7.50. The van der Waals surface area contributed by atoms with E-state index < -0.39 is 33.5 Å². The van der Waals surface area contributed by atoms with Gasteiger partial charge in [-0.2, -0.15) is 8.42 Å². The molecule has 0 aromatic carbocycles. The van der Waals surface area contributed by atoms with Crippen molar-refractivity contribution in [2.24, 2.45) is 0 Å². The summed E-state index contributed by atoms with van der Waals surface area (Å²) in [5.74, 6) is -1.93. The van der Waals surface area contributed by atoms with E-state index in [1.807, 2.05) is 0 Å². The van der Waals surface area contributed by atoms with E-state index >= 15 is 0 Å². The van der Waals surface area contributed by atoms with Crippen LogP contribution in [0.4, 0.5) is 0 Å². The molecule has 0 aliphatic heterocycles. The first-order valence-electron chi connectivity index (χ1n) is 11.4. The highest BCUT2D eigenvalue weighted by atomic mass is 32.2. The third kappa shape index (κ3) is 11.1. The second kappa shape index (κ2) is 13.7. The van der Waals surface area contributed by atoms with Crippen molar-refractivity contribution in [3.8, 4) is 0 Å². The van der Waals surface area contributed by atoms with Gasteiger partial charge < -0.3 is 19.5 Å². The van der Waals surface area contributed by atoms with Crippen LogP contribution in [0.5, 0.6) is 0 Å². The number of carboxylic acid groups (broad SMARTS) is 1. The predicted molar refractivity (Wildman–Crippen MR) is 118 cm³/mol. The molecule has 0 spiro atoms. The third-order valence-electron chi connectivity index (χ3n) is 6.69. The minimum atomic E-state index is -4.30. The number of rotatable bonds is 18. The van der Waals surface area contributed by atoms with Gasteiger partial charge in [0.15, 0.2) is 0 Å². The lowest BCUT2D eigenvalue weighted by molar-refractivity contribution is -0.954. The lowest BCUT2D eigenvalue weighted by Gasteiger charge is -2.50. The summed E-state index contributed by atoms with van der Waals surface area (Å²) in [4.78, 5) is 11.7. The highest BCUT2D eigenvalue weighted by Gasteiger charge is 2.44. The average Bonchev–Trinajstić information content (AvgIpc) is 2.60. The fourth-order valence-electron chi connectivity index (χ4n) is 3.89. The van der Waals surface area contributed by atoms with E-state index in [0.29, 0.717) is 6.42 Å². The predicted octanol–water partition coefficient (Wildman–Crippen LogP) is 2.91. The summed E-state index contributed by atoms with van der Waals surface area (Å²) in [5.41, 5.74) is -1.21. The number of carboxylic acids is 1. The Labute approximate surface area is 184 Å². The van der Waals surface area contributed by atoms with E-state index in [4.69, 9.17) is 4.55 Å². The molecule has 8 heteroatoms. The lowest BCUT2D eigenvalue weighted by atomic mass is 9.91. The van der Waals surface area contributed by atoms with E-state index in [0.717, 1.165) is 19.3 Å². The molecule has 2 atom stereocenters. The molecule has 30 heavy (non-hydrogen) atoms. The van der Waals surface area contributed by atoms with E-state index in [2.05, 4.69) is 6.92 Å². The normalized spacial score (nSPS) is 15.2. The van der Waals surface area contributed by atoms with Gasteiger partial charge in [-0.15, -0.1) is 0 Å². The second-order valence-electron chi connectivity index (χ2n) is 9.65. The largest absolute Gasteiger partial charge is 0.544 e. The molecule has 0 aliphatic carbocycles. The Bertz CT molecular complexity index is 588. The summed E-state index contributed by atoms with van der Waals surface area (Å²) in [6, 6.07) is -0.274. The maximum Gasteiger partial charge on any atom is 0.267 e. The monoisotopic (exact) mass is 451 g/mol. The summed E-state index contributed by atoms with van der Waals surface area (Å²) in [5, 5.41) is 21.9. The number of carbonyl (C=O) groups is 1. The molecular formula is C22H45NO6S. The summed E-state index contributed by atoms with van der Waals surface area (Å²) in [6.07, 6.45) is 11.4. The van der Waals surface area contributed by atoms with Crippen LogP contribution in [-0.2, 0) is 14.9 Å². The maximum atomic E-state index is 11.7. The Morgan fingerprint density at radius 3 is 1.80 bits per heavy atom. The van der Waals surface area contributed by atoms with Crippen LogP contribution in [0, 0.1) is 0 Å². The second-order valence-corrected chi connectivity index (χ2v) is 11.1. The van der Waals surface area contributed by atoms with E-state index in [9.17, 15) is 23.4 Å². The summed E-state index contributed by atoms with van der Waals surface area (Å²) in [6.45, 7) is 5.38. The average molecular weight is 452 g/mol. The number of aliphatic hydroxyl groups is 1. The Morgan fingerprint density at radius 1 is 0.967 bits per heavy atom. The Balaban J connectivity index is 4.74. The summed E-state index contributed by atoms with van der Waals surface area (Å²) in [7, 11) is -0.747.